The first kappa shape index (κ1) is 17.5. The maximum absolute atomic E-state index is 4.45. The fourth-order valence-electron chi connectivity index (χ4n) is 3.45. The Morgan fingerprint density at radius 1 is 1.17 bits per heavy atom. The minimum Gasteiger partial charge on any atom is -0.306 e. The molecular weight excluding hydrogens is 316 g/mol. The fourth-order valence-corrected chi connectivity index (χ4v) is 4.51. The van der Waals surface area contributed by atoms with E-state index in [1.54, 1.807) is 0 Å². The SMILES string of the molecule is CCn1c(Cc2ccccc2)nnc1SCCC1CCCCN1C. The molecule has 0 aliphatic carbocycles. The van der Waals surface area contributed by atoms with Crippen molar-refractivity contribution in [3.8, 4) is 0 Å². The van der Waals surface area contributed by atoms with Crippen LogP contribution in [0.2, 0.25) is 0 Å². The Bertz CT molecular complexity index is 626. The molecule has 1 atom stereocenters. The van der Waals surface area contributed by atoms with E-state index in [1.165, 1.54) is 37.8 Å². The van der Waals surface area contributed by atoms with Crippen LogP contribution in [-0.4, -0.2) is 45.1 Å². The molecule has 1 aromatic heterocycles. The van der Waals surface area contributed by atoms with Crippen LogP contribution in [0.3, 0.4) is 0 Å². The minimum absolute atomic E-state index is 0.744. The summed E-state index contributed by atoms with van der Waals surface area (Å²) >= 11 is 1.86. The molecule has 3 rings (SSSR count). The molecule has 4 nitrogen and oxygen atoms in total. The molecule has 0 bridgehead atoms. The molecule has 0 N–H and O–H groups in total. The smallest absolute Gasteiger partial charge is 0.191 e. The first-order valence-corrected chi connectivity index (χ1v) is 10.1. The molecule has 0 amide bonds. The lowest BCUT2D eigenvalue weighted by Crippen LogP contribution is -2.36. The normalized spacial score (nSPS) is 18.8. The van der Waals surface area contributed by atoms with Crippen molar-refractivity contribution in [2.24, 2.45) is 0 Å². The molecular formula is C19H28N4S. The lowest BCUT2D eigenvalue weighted by molar-refractivity contribution is 0.182. The van der Waals surface area contributed by atoms with Crippen LogP contribution in [0.1, 0.15) is 44.0 Å². The summed E-state index contributed by atoms with van der Waals surface area (Å²) in [7, 11) is 2.26. The Hall–Kier alpha value is -1.33. The summed E-state index contributed by atoms with van der Waals surface area (Å²) in [5, 5.41) is 9.96. The molecule has 2 heterocycles. The first-order chi connectivity index (χ1) is 11.8. The minimum atomic E-state index is 0.744. The van der Waals surface area contributed by atoms with Crippen LogP contribution in [0.4, 0.5) is 0 Å². The van der Waals surface area contributed by atoms with Gasteiger partial charge in [0.15, 0.2) is 5.16 Å². The van der Waals surface area contributed by atoms with Crippen LogP contribution in [0, 0.1) is 0 Å². The summed E-state index contributed by atoms with van der Waals surface area (Å²) in [6, 6.07) is 11.3. The summed E-state index contributed by atoms with van der Waals surface area (Å²) in [5.41, 5.74) is 1.29. The Kier molecular flexibility index (Phi) is 6.32. The van der Waals surface area contributed by atoms with Gasteiger partial charge in [0.1, 0.15) is 5.82 Å². The van der Waals surface area contributed by atoms with Gasteiger partial charge in [-0.2, -0.15) is 0 Å². The summed E-state index contributed by atoms with van der Waals surface area (Å²) in [5.74, 6) is 2.19. The molecule has 1 aromatic carbocycles. The van der Waals surface area contributed by atoms with Gasteiger partial charge >= 0.3 is 0 Å². The second-order valence-corrected chi connectivity index (χ2v) is 7.63. The summed E-state index contributed by atoms with van der Waals surface area (Å²) in [6.45, 7) is 4.36. The standard InChI is InChI=1S/C19H28N4S/c1-3-23-18(15-16-9-5-4-6-10-16)20-21-19(23)24-14-12-17-11-7-8-13-22(17)2/h4-6,9-10,17H,3,7-8,11-15H2,1-2H3. The Labute approximate surface area is 149 Å². The number of nitrogens with zero attached hydrogens (tertiary/aromatic N) is 4. The zero-order chi connectivity index (χ0) is 16.8. The highest BCUT2D eigenvalue weighted by molar-refractivity contribution is 7.99. The number of hydrogen-bond acceptors (Lipinski definition) is 4. The van der Waals surface area contributed by atoms with Crippen molar-refractivity contribution in [2.75, 3.05) is 19.3 Å². The third-order valence-electron chi connectivity index (χ3n) is 4.92. The van der Waals surface area contributed by atoms with Crippen molar-refractivity contribution < 1.29 is 0 Å². The van der Waals surface area contributed by atoms with E-state index in [9.17, 15) is 0 Å². The van der Waals surface area contributed by atoms with E-state index < -0.39 is 0 Å². The molecule has 2 aromatic rings. The van der Waals surface area contributed by atoms with Gasteiger partial charge in [0, 0.05) is 24.8 Å². The van der Waals surface area contributed by atoms with Crippen molar-refractivity contribution >= 4 is 11.8 Å². The predicted molar refractivity (Wildman–Crippen MR) is 101 cm³/mol. The number of thioether (sulfide) groups is 1. The number of hydrogen-bond donors (Lipinski definition) is 0. The van der Waals surface area contributed by atoms with E-state index in [4.69, 9.17) is 0 Å². The van der Waals surface area contributed by atoms with Crippen molar-refractivity contribution in [3.05, 3.63) is 41.7 Å². The maximum Gasteiger partial charge on any atom is 0.191 e. The van der Waals surface area contributed by atoms with Crippen LogP contribution < -0.4 is 0 Å². The lowest BCUT2D eigenvalue weighted by Gasteiger charge is -2.32. The van der Waals surface area contributed by atoms with Gasteiger partial charge in [-0.1, -0.05) is 48.5 Å². The highest BCUT2D eigenvalue weighted by Gasteiger charge is 2.19. The second-order valence-electron chi connectivity index (χ2n) is 6.57. The Balaban J connectivity index is 1.57. The molecule has 130 valence electrons. The monoisotopic (exact) mass is 344 g/mol. The van der Waals surface area contributed by atoms with Gasteiger partial charge in [-0.05, 0) is 45.3 Å². The van der Waals surface area contributed by atoms with Gasteiger partial charge in [-0.15, -0.1) is 10.2 Å². The summed E-state index contributed by atoms with van der Waals surface area (Å²) in [6.07, 6.45) is 6.18. The number of rotatable bonds is 7. The van der Waals surface area contributed by atoms with Gasteiger partial charge < -0.3 is 9.47 Å². The van der Waals surface area contributed by atoms with Crippen LogP contribution in [-0.2, 0) is 13.0 Å². The molecule has 1 aliphatic heterocycles. The van der Waals surface area contributed by atoms with E-state index >= 15 is 0 Å². The molecule has 1 aliphatic rings. The van der Waals surface area contributed by atoms with Crippen LogP contribution in [0.5, 0.6) is 0 Å². The van der Waals surface area contributed by atoms with E-state index in [2.05, 4.69) is 64.0 Å². The second kappa shape index (κ2) is 8.67. The molecule has 1 unspecified atom stereocenters. The Morgan fingerprint density at radius 2 is 2.00 bits per heavy atom. The highest BCUT2D eigenvalue weighted by Crippen LogP contribution is 2.24. The fraction of sp³-hybridized carbons (Fsp3) is 0.579. The molecule has 0 saturated carbocycles. The summed E-state index contributed by atoms with van der Waals surface area (Å²) in [4.78, 5) is 2.52. The van der Waals surface area contributed by atoms with E-state index in [0.29, 0.717) is 0 Å². The number of likely N-dealkylation sites (tertiary alicyclic amines) is 1. The quantitative estimate of drug-likeness (QED) is 0.714. The molecule has 0 radical (unpaired) electrons. The van der Waals surface area contributed by atoms with Gasteiger partial charge in [-0.25, -0.2) is 0 Å². The zero-order valence-corrected chi connectivity index (χ0v) is 15.6. The number of piperidine rings is 1. The van der Waals surface area contributed by atoms with Crippen molar-refractivity contribution in [2.45, 2.75) is 56.8 Å². The number of aromatic nitrogens is 3. The molecule has 1 fully saturated rings. The van der Waals surface area contributed by atoms with Gasteiger partial charge in [0.05, 0.1) is 0 Å². The molecule has 0 spiro atoms. The highest BCUT2D eigenvalue weighted by atomic mass is 32.2. The molecule has 5 heteroatoms. The van der Waals surface area contributed by atoms with Crippen LogP contribution in [0.15, 0.2) is 35.5 Å². The van der Waals surface area contributed by atoms with Gasteiger partial charge in [-0.3, -0.25) is 0 Å². The average Bonchev–Trinajstić information content (AvgIpc) is 2.99. The predicted octanol–water partition coefficient (Wildman–Crippen LogP) is 3.86. The van der Waals surface area contributed by atoms with E-state index in [1.807, 2.05) is 11.8 Å². The van der Waals surface area contributed by atoms with Crippen LogP contribution in [0.25, 0.3) is 0 Å². The van der Waals surface area contributed by atoms with Gasteiger partial charge in [0.2, 0.25) is 0 Å². The summed E-state index contributed by atoms with van der Waals surface area (Å²) < 4.78 is 2.27. The van der Waals surface area contributed by atoms with Crippen molar-refractivity contribution in [3.63, 3.8) is 0 Å². The van der Waals surface area contributed by atoms with Gasteiger partial charge in [0.25, 0.3) is 0 Å². The molecule has 1 saturated heterocycles. The van der Waals surface area contributed by atoms with E-state index in [0.717, 1.165) is 35.7 Å². The zero-order valence-electron chi connectivity index (χ0n) is 14.8. The average molecular weight is 345 g/mol. The first-order valence-electron chi connectivity index (χ1n) is 9.07. The largest absolute Gasteiger partial charge is 0.306 e. The van der Waals surface area contributed by atoms with E-state index in [-0.39, 0.29) is 0 Å². The van der Waals surface area contributed by atoms with Crippen molar-refractivity contribution in [1.29, 1.82) is 0 Å². The third kappa shape index (κ3) is 4.39. The van der Waals surface area contributed by atoms with Crippen molar-refractivity contribution in [1.82, 2.24) is 19.7 Å². The Morgan fingerprint density at radius 3 is 2.75 bits per heavy atom. The number of benzene rings is 1. The lowest BCUT2D eigenvalue weighted by atomic mass is 10.0. The third-order valence-corrected chi connectivity index (χ3v) is 5.92. The van der Waals surface area contributed by atoms with Crippen LogP contribution >= 0.6 is 11.8 Å². The maximum atomic E-state index is 4.45. The topological polar surface area (TPSA) is 34.0 Å². The molecule has 24 heavy (non-hydrogen) atoms.